The maximum Gasteiger partial charge on any atom is 0.128 e. The van der Waals surface area contributed by atoms with Crippen LogP contribution in [0.4, 0.5) is 0 Å². The van der Waals surface area contributed by atoms with Crippen molar-refractivity contribution in [1.29, 1.82) is 5.26 Å². The molecule has 1 aromatic heterocycles. The summed E-state index contributed by atoms with van der Waals surface area (Å²) in [6.07, 6.45) is 4.03. The molecule has 0 amide bonds. The highest BCUT2D eigenvalue weighted by Crippen LogP contribution is 2.21. The van der Waals surface area contributed by atoms with Gasteiger partial charge in [-0.1, -0.05) is 13.3 Å². The number of thiazole rings is 1. The van der Waals surface area contributed by atoms with Gasteiger partial charge in [-0.25, -0.2) is 4.98 Å². The molecular weight excluding hydrogens is 200 g/mol. The highest BCUT2D eigenvalue weighted by Gasteiger charge is 2.08. The van der Waals surface area contributed by atoms with E-state index in [0.29, 0.717) is 0 Å². The lowest BCUT2D eigenvalue weighted by molar-refractivity contribution is 0.884. The molecule has 0 fully saturated rings. The van der Waals surface area contributed by atoms with Crippen molar-refractivity contribution in [1.82, 2.24) is 4.98 Å². The molecule has 1 heterocycles. The van der Waals surface area contributed by atoms with E-state index in [-0.39, 0.29) is 0 Å². The van der Waals surface area contributed by atoms with E-state index in [9.17, 15) is 0 Å². The summed E-state index contributed by atoms with van der Waals surface area (Å²) in [5.41, 5.74) is 0.985. The smallest absolute Gasteiger partial charge is 0.128 e. The SMILES string of the molecule is CCCc1nc(CSC)sc1C#N. The zero-order valence-corrected chi connectivity index (χ0v) is 9.47. The number of aryl methyl sites for hydroxylation is 1. The molecule has 70 valence electrons. The molecule has 0 aliphatic rings. The first kappa shape index (κ1) is 10.6. The summed E-state index contributed by atoms with van der Waals surface area (Å²) in [5.74, 6) is 0.920. The molecule has 0 saturated carbocycles. The molecule has 0 bridgehead atoms. The molecule has 4 heteroatoms. The Morgan fingerprint density at radius 3 is 2.92 bits per heavy atom. The van der Waals surface area contributed by atoms with Crippen LogP contribution in [-0.2, 0) is 12.2 Å². The Morgan fingerprint density at radius 1 is 1.62 bits per heavy atom. The minimum atomic E-state index is 0.797. The maximum absolute atomic E-state index is 8.84. The number of hydrogen-bond acceptors (Lipinski definition) is 4. The average Bonchev–Trinajstić information content (AvgIpc) is 2.49. The molecular formula is C9H12N2S2. The highest BCUT2D eigenvalue weighted by atomic mass is 32.2. The van der Waals surface area contributed by atoms with E-state index in [4.69, 9.17) is 5.26 Å². The van der Waals surface area contributed by atoms with Crippen LogP contribution in [0.1, 0.15) is 28.9 Å². The van der Waals surface area contributed by atoms with Gasteiger partial charge in [-0.15, -0.1) is 11.3 Å². The number of rotatable bonds is 4. The first-order valence-electron chi connectivity index (χ1n) is 4.19. The molecule has 0 radical (unpaired) electrons. The molecule has 0 aliphatic heterocycles. The van der Waals surface area contributed by atoms with Crippen molar-refractivity contribution in [3.05, 3.63) is 15.6 Å². The van der Waals surface area contributed by atoms with Gasteiger partial charge in [-0.05, 0) is 12.7 Å². The largest absolute Gasteiger partial charge is 0.244 e. The Morgan fingerprint density at radius 2 is 2.38 bits per heavy atom. The maximum atomic E-state index is 8.84. The van der Waals surface area contributed by atoms with Crippen LogP contribution in [0.2, 0.25) is 0 Å². The van der Waals surface area contributed by atoms with Crippen LogP contribution in [0.5, 0.6) is 0 Å². The molecule has 0 unspecified atom stereocenters. The summed E-state index contributed by atoms with van der Waals surface area (Å²) in [6, 6.07) is 2.21. The molecule has 2 nitrogen and oxygen atoms in total. The third-order valence-corrected chi connectivity index (χ3v) is 3.34. The lowest BCUT2D eigenvalue weighted by Gasteiger charge is -1.90. The number of aromatic nitrogens is 1. The van der Waals surface area contributed by atoms with Crippen molar-refractivity contribution >= 4 is 23.1 Å². The average molecular weight is 212 g/mol. The predicted molar refractivity (Wildman–Crippen MR) is 58.0 cm³/mol. The summed E-state index contributed by atoms with van der Waals surface area (Å²) in [4.78, 5) is 5.23. The van der Waals surface area contributed by atoms with Crippen LogP contribution >= 0.6 is 23.1 Å². The zero-order valence-electron chi connectivity index (χ0n) is 7.83. The summed E-state index contributed by atoms with van der Waals surface area (Å²) >= 11 is 3.27. The van der Waals surface area contributed by atoms with Gasteiger partial charge >= 0.3 is 0 Å². The van der Waals surface area contributed by atoms with Gasteiger partial charge in [-0.3, -0.25) is 0 Å². The molecule has 1 aromatic rings. The molecule has 0 aliphatic carbocycles. The molecule has 0 N–H and O–H groups in total. The fraction of sp³-hybridized carbons (Fsp3) is 0.556. The van der Waals surface area contributed by atoms with Gasteiger partial charge in [0.25, 0.3) is 0 Å². The second kappa shape index (κ2) is 5.25. The fourth-order valence-electron chi connectivity index (χ4n) is 1.08. The molecule has 0 atom stereocenters. The van der Waals surface area contributed by atoms with Gasteiger partial charge < -0.3 is 0 Å². The van der Waals surface area contributed by atoms with Gasteiger partial charge in [0, 0.05) is 5.75 Å². The summed E-state index contributed by atoms with van der Waals surface area (Å²) in [6.45, 7) is 2.11. The topological polar surface area (TPSA) is 36.7 Å². The van der Waals surface area contributed by atoms with E-state index < -0.39 is 0 Å². The monoisotopic (exact) mass is 212 g/mol. The van der Waals surface area contributed by atoms with Gasteiger partial charge in [-0.2, -0.15) is 17.0 Å². The standard InChI is InChI=1S/C9H12N2S2/c1-3-4-7-8(5-10)13-9(11-7)6-12-2/h3-4,6H2,1-2H3. The Kier molecular flexibility index (Phi) is 4.26. The van der Waals surface area contributed by atoms with Crippen molar-refractivity contribution in [3.8, 4) is 6.07 Å². The van der Waals surface area contributed by atoms with Gasteiger partial charge in [0.2, 0.25) is 0 Å². The Bertz CT molecular complexity index is 312. The first-order chi connectivity index (χ1) is 6.31. The van der Waals surface area contributed by atoms with E-state index in [2.05, 4.69) is 18.0 Å². The van der Waals surface area contributed by atoms with Crippen molar-refractivity contribution in [3.63, 3.8) is 0 Å². The van der Waals surface area contributed by atoms with Crippen LogP contribution in [0.3, 0.4) is 0 Å². The number of nitriles is 1. The van der Waals surface area contributed by atoms with Crippen LogP contribution in [-0.4, -0.2) is 11.2 Å². The fourth-order valence-corrected chi connectivity index (χ4v) is 2.68. The molecule has 13 heavy (non-hydrogen) atoms. The van der Waals surface area contributed by atoms with E-state index in [1.54, 1.807) is 11.8 Å². The highest BCUT2D eigenvalue weighted by molar-refractivity contribution is 7.97. The summed E-state index contributed by atoms with van der Waals surface area (Å²) < 4.78 is 0. The first-order valence-corrected chi connectivity index (χ1v) is 6.40. The van der Waals surface area contributed by atoms with E-state index in [1.165, 1.54) is 11.3 Å². The normalized spacial score (nSPS) is 9.92. The minimum absolute atomic E-state index is 0.797. The van der Waals surface area contributed by atoms with Crippen LogP contribution in [0, 0.1) is 11.3 Å². The number of hydrogen-bond donors (Lipinski definition) is 0. The third-order valence-electron chi connectivity index (χ3n) is 1.60. The van der Waals surface area contributed by atoms with Crippen molar-refractivity contribution in [2.75, 3.05) is 6.26 Å². The summed E-state index contributed by atoms with van der Waals surface area (Å²) in [5, 5.41) is 9.92. The Balaban J connectivity index is 2.85. The lowest BCUT2D eigenvalue weighted by Crippen LogP contribution is -1.87. The third kappa shape index (κ3) is 2.71. The second-order valence-corrected chi connectivity index (χ2v) is 4.63. The van der Waals surface area contributed by atoms with E-state index in [0.717, 1.165) is 34.2 Å². The van der Waals surface area contributed by atoms with Crippen LogP contribution in [0.15, 0.2) is 0 Å². The number of nitrogens with zero attached hydrogens (tertiary/aromatic N) is 2. The molecule has 0 spiro atoms. The zero-order chi connectivity index (χ0) is 9.68. The molecule has 0 aromatic carbocycles. The van der Waals surface area contributed by atoms with Crippen molar-refractivity contribution < 1.29 is 0 Å². The van der Waals surface area contributed by atoms with Crippen molar-refractivity contribution in [2.24, 2.45) is 0 Å². The molecule has 1 rings (SSSR count). The van der Waals surface area contributed by atoms with Crippen molar-refractivity contribution in [2.45, 2.75) is 25.5 Å². The predicted octanol–water partition coefficient (Wildman–Crippen LogP) is 2.83. The molecule has 0 saturated heterocycles. The minimum Gasteiger partial charge on any atom is -0.244 e. The van der Waals surface area contributed by atoms with Crippen LogP contribution < -0.4 is 0 Å². The van der Waals surface area contributed by atoms with Gasteiger partial charge in [0.1, 0.15) is 16.0 Å². The Labute approximate surface area is 87.0 Å². The van der Waals surface area contributed by atoms with E-state index >= 15 is 0 Å². The lowest BCUT2D eigenvalue weighted by atomic mass is 10.2. The van der Waals surface area contributed by atoms with E-state index in [1.807, 2.05) is 6.26 Å². The quantitative estimate of drug-likeness (QED) is 0.770. The Hall–Kier alpha value is -0.530. The van der Waals surface area contributed by atoms with Gasteiger partial charge in [0.15, 0.2) is 0 Å². The number of thioether (sulfide) groups is 1. The van der Waals surface area contributed by atoms with Crippen LogP contribution in [0.25, 0.3) is 0 Å². The second-order valence-electron chi connectivity index (χ2n) is 2.68. The summed E-state index contributed by atoms with van der Waals surface area (Å²) in [7, 11) is 0. The van der Waals surface area contributed by atoms with Gasteiger partial charge in [0.05, 0.1) is 5.69 Å².